The van der Waals surface area contributed by atoms with E-state index in [0.717, 1.165) is 0 Å². The van der Waals surface area contributed by atoms with Gasteiger partial charge in [0.15, 0.2) is 0 Å². The van der Waals surface area contributed by atoms with E-state index in [0.29, 0.717) is 0 Å². The highest BCUT2D eigenvalue weighted by atomic mass is 16.6. The van der Waals surface area contributed by atoms with Crippen molar-refractivity contribution in [3.8, 4) is 0 Å². The molecule has 0 rings (SSSR count). The fourth-order valence-corrected chi connectivity index (χ4v) is 0.418. The SMILES string of the molecule is CC(C)[C@@H](C)OC(=O)[C@@H](C)O. The van der Waals surface area contributed by atoms with Crippen molar-refractivity contribution in [3.05, 3.63) is 0 Å². The minimum Gasteiger partial charge on any atom is -0.460 e. The number of carbonyl (C=O) groups is 1. The molecule has 3 heteroatoms. The predicted molar refractivity (Wildman–Crippen MR) is 42.1 cm³/mol. The molecule has 0 saturated carbocycles. The third-order valence-corrected chi connectivity index (χ3v) is 1.58. The third-order valence-electron chi connectivity index (χ3n) is 1.58. The van der Waals surface area contributed by atoms with Crippen LogP contribution >= 0.6 is 0 Å². The topological polar surface area (TPSA) is 46.5 Å². The van der Waals surface area contributed by atoms with Crippen LogP contribution in [0.5, 0.6) is 0 Å². The summed E-state index contributed by atoms with van der Waals surface area (Å²) in [5.41, 5.74) is 0. The number of ether oxygens (including phenoxy) is 1. The zero-order chi connectivity index (χ0) is 9.02. The molecule has 0 amide bonds. The van der Waals surface area contributed by atoms with Gasteiger partial charge < -0.3 is 9.84 Å². The van der Waals surface area contributed by atoms with Crippen molar-refractivity contribution < 1.29 is 14.6 Å². The molecule has 66 valence electrons. The number of aliphatic hydroxyl groups is 1. The maximum atomic E-state index is 10.8. The van der Waals surface area contributed by atoms with Crippen LogP contribution in [0.2, 0.25) is 0 Å². The van der Waals surface area contributed by atoms with Crippen LogP contribution in [0.3, 0.4) is 0 Å². The van der Waals surface area contributed by atoms with Crippen LogP contribution in [0.25, 0.3) is 0 Å². The normalized spacial score (nSPS) is 16.2. The second-order valence-corrected chi connectivity index (χ2v) is 3.06. The molecule has 0 aromatic carbocycles. The van der Waals surface area contributed by atoms with Crippen molar-refractivity contribution >= 4 is 5.97 Å². The van der Waals surface area contributed by atoms with Gasteiger partial charge in [-0.15, -0.1) is 0 Å². The molecule has 0 bridgehead atoms. The molecule has 0 spiro atoms. The van der Waals surface area contributed by atoms with Crippen LogP contribution in [0.4, 0.5) is 0 Å². The van der Waals surface area contributed by atoms with E-state index in [-0.39, 0.29) is 12.0 Å². The number of rotatable bonds is 3. The Morgan fingerprint density at radius 3 is 2.00 bits per heavy atom. The fraction of sp³-hybridized carbons (Fsp3) is 0.875. The lowest BCUT2D eigenvalue weighted by Gasteiger charge is -2.17. The lowest BCUT2D eigenvalue weighted by Crippen LogP contribution is -2.26. The fourth-order valence-electron chi connectivity index (χ4n) is 0.418. The highest BCUT2D eigenvalue weighted by Crippen LogP contribution is 2.06. The monoisotopic (exact) mass is 160 g/mol. The Labute approximate surface area is 67.4 Å². The Morgan fingerprint density at radius 1 is 1.27 bits per heavy atom. The molecule has 11 heavy (non-hydrogen) atoms. The van der Waals surface area contributed by atoms with Gasteiger partial charge in [-0.1, -0.05) is 13.8 Å². The van der Waals surface area contributed by atoms with Gasteiger partial charge in [0.1, 0.15) is 12.2 Å². The predicted octanol–water partition coefficient (Wildman–Crippen LogP) is 0.955. The molecular formula is C8H16O3. The van der Waals surface area contributed by atoms with Gasteiger partial charge in [-0.25, -0.2) is 4.79 Å². The largest absolute Gasteiger partial charge is 0.460 e. The second-order valence-electron chi connectivity index (χ2n) is 3.06. The highest BCUT2D eigenvalue weighted by molar-refractivity contribution is 5.73. The summed E-state index contributed by atoms with van der Waals surface area (Å²) >= 11 is 0. The van der Waals surface area contributed by atoms with E-state index in [1.54, 1.807) is 0 Å². The molecule has 0 saturated heterocycles. The number of aliphatic hydroxyl groups excluding tert-OH is 1. The minimum absolute atomic E-state index is 0.128. The summed E-state index contributed by atoms with van der Waals surface area (Å²) in [7, 11) is 0. The molecule has 0 aliphatic carbocycles. The lowest BCUT2D eigenvalue weighted by atomic mass is 10.1. The van der Waals surface area contributed by atoms with Gasteiger partial charge in [-0.3, -0.25) is 0 Å². The molecule has 1 N–H and O–H groups in total. The summed E-state index contributed by atoms with van der Waals surface area (Å²) in [5, 5.41) is 8.78. The first-order valence-corrected chi connectivity index (χ1v) is 3.83. The van der Waals surface area contributed by atoms with E-state index < -0.39 is 12.1 Å². The van der Waals surface area contributed by atoms with Gasteiger partial charge in [-0.2, -0.15) is 0 Å². The van der Waals surface area contributed by atoms with Crippen molar-refractivity contribution in [2.75, 3.05) is 0 Å². The summed E-state index contributed by atoms with van der Waals surface area (Å²) in [6, 6.07) is 0. The second kappa shape index (κ2) is 4.34. The van der Waals surface area contributed by atoms with Gasteiger partial charge in [0, 0.05) is 0 Å². The average molecular weight is 160 g/mol. The maximum absolute atomic E-state index is 10.8. The van der Waals surface area contributed by atoms with E-state index in [4.69, 9.17) is 9.84 Å². The molecule has 0 fully saturated rings. The van der Waals surface area contributed by atoms with Crippen molar-refractivity contribution in [2.45, 2.75) is 39.9 Å². The van der Waals surface area contributed by atoms with Gasteiger partial charge in [0.05, 0.1) is 0 Å². The molecule has 0 radical (unpaired) electrons. The molecular weight excluding hydrogens is 144 g/mol. The van der Waals surface area contributed by atoms with Crippen molar-refractivity contribution in [1.29, 1.82) is 0 Å². The molecule has 0 aromatic heterocycles. The standard InChI is InChI=1S/C8H16O3/c1-5(2)7(4)11-8(10)6(3)9/h5-7,9H,1-4H3/t6-,7-/m1/s1. The Kier molecular flexibility index (Phi) is 4.11. The number of esters is 1. The van der Waals surface area contributed by atoms with E-state index in [1.807, 2.05) is 20.8 Å². The number of hydrogen-bond acceptors (Lipinski definition) is 3. The average Bonchev–Trinajstić information content (AvgIpc) is 1.87. The summed E-state index contributed by atoms with van der Waals surface area (Å²) in [6.07, 6.45) is -1.15. The quantitative estimate of drug-likeness (QED) is 0.625. The van der Waals surface area contributed by atoms with E-state index in [1.165, 1.54) is 6.92 Å². The van der Waals surface area contributed by atoms with Gasteiger partial charge >= 0.3 is 5.97 Å². The van der Waals surface area contributed by atoms with Gasteiger partial charge in [-0.05, 0) is 19.8 Å². The van der Waals surface area contributed by atoms with Crippen molar-refractivity contribution in [2.24, 2.45) is 5.92 Å². The van der Waals surface area contributed by atoms with Gasteiger partial charge in [0.2, 0.25) is 0 Å². The highest BCUT2D eigenvalue weighted by Gasteiger charge is 2.16. The summed E-state index contributed by atoms with van der Waals surface area (Å²) in [5.74, 6) is -0.260. The van der Waals surface area contributed by atoms with Gasteiger partial charge in [0.25, 0.3) is 0 Å². The van der Waals surface area contributed by atoms with Crippen LogP contribution in [-0.2, 0) is 9.53 Å². The first-order valence-electron chi connectivity index (χ1n) is 3.83. The molecule has 0 aliphatic rings. The first-order chi connectivity index (χ1) is 4.95. The Bertz CT molecular complexity index is 129. The van der Waals surface area contributed by atoms with E-state index in [9.17, 15) is 4.79 Å². The van der Waals surface area contributed by atoms with Crippen LogP contribution in [0.1, 0.15) is 27.7 Å². The summed E-state index contributed by atoms with van der Waals surface area (Å²) in [4.78, 5) is 10.8. The Morgan fingerprint density at radius 2 is 1.73 bits per heavy atom. The minimum atomic E-state index is -1.02. The van der Waals surface area contributed by atoms with E-state index >= 15 is 0 Å². The molecule has 0 unspecified atom stereocenters. The molecule has 2 atom stereocenters. The molecule has 0 aromatic rings. The van der Waals surface area contributed by atoms with Crippen LogP contribution < -0.4 is 0 Å². The zero-order valence-corrected chi connectivity index (χ0v) is 7.50. The summed E-state index contributed by atoms with van der Waals surface area (Å²) < 4.78 is 4.88. The summed E-state index contributed by atoms with van der Waals surface area (Å²) in [6.45, 7) is 7.13. The molecule has 3 nitrogen and oxygen atoms in total. The maximum Gasteiger partial charge on any atom is 0.334 e. The Balaban J connectivity index is 3.76. The lowest BCUT2D eigenvalue weighted by molar-refractivity contribution is -0.159. The Hall–Kier alpha value is -0.570. The smallest absolute Gasteiger partial charge is 0.334 e. The zero-order valence-electron chi connectivity index (χ0n) is 7.50. The van der Waals surface area contributed by atoms with E-state index in [2.05, 4.69) is 0 Å². The number of hydrogen-bond donors (Lipinski definition) is 1. The first kappa shape index (κ1) is 10.4. The van der Waals surface area contributed by atoms with Crippen LogP contribution in [0, 0.1) is 5.92 Å². The number of carbonyl (C=O) groups excluding carboxylic acids is 1. The molecule has 0 heterocycles. The van der Waals surface area contributed by atoms with Crippen molar-refractivity contribution in [3.63, 3.8) is 0 Å². The molecule has 0 aliphatic heterocycles. The van der Waals surface area contributed by atoms with Crippen LogP contribution in [-0.4, -0.2) is 23.3 Å². The van der Waals surface area contributed by atoms with Crippen LogP contribution in [0.15, 0.2) is 0 Å². The van der Waals surface area contributed by atoms with Crippen molar-refractivity contribution in [1.82, 2.24) is 0 Å². The third kappa shape index (κ3) is 3.98.